The maximum absolute atomic E-state index is 13.1. The van der Waals surface area contributed by atoms with E-state index >= 15 is 0 Å². The molecule has 0 saturated carbocycles. The zero-order valence-electron chi connectivity index (χ0n) is 7.76. The van der Waals surface area contributed by atoms with Gasteiger partial charge in [0.1, 0.15) is 5.82 Å². The standard InChI is InChI=1S/C11H12FN/c1-4-11(13-3)9-6-5-7-10(12)8(9)2/h1,5-7,11,13H,2-3H3. The van der Waals surface area contributed by atoms with Crippen molar-refractivity contribution in [2.24, 2.45) is 0 Å². The first kappa shape index (κ1) is 9.76. The van der Waals surface area contributed by atoms with Crippen molar-refractivity contribution < 1.29 is 4.39 Å². The van der Waals surface area contributed by atoms with Crippen LogP contribution in [0.15, 0.2) is 18.2 Å². The topological polar surface area (TPSA) is 12.0 Å². The van der Waals surface area contributed by atoms with Crippen molar-refractivity contribution >= 4 is 0 Å². The van der Waals surface area contributed by atoms with E-state index in [1.165, 1.54) is 6.07 Å². The Morgan fingerprint density at radius 3 is 2.77 bits per heavy atom. The number of halogens is 1. The Hall–Kier alpha value is -1.33. The molecule has 1 aromatic rings. The molecular weight excluding hydrogens is 165 g/mol. The Bertz CT molecular complexity index is 338. The summed E-state index contributed by atoms with van der Waals surface area (Å²) in [7, 11) is 1.76. The number of nitrogens with one attached hydrogen (secondary N) is 1. The minimum Gasteiger partial charge on any atom is -0.303 e. The van der Waals surface area contributed by atoms with Crippen LogP contribution in [0.25, 0.3) is 0 Å². The van der Waals surface area contributed by atoms with Crippen molar-refractivity contribution in [3.05, 3.63) is 35.1 Å². The van der Waals surface area contributed by atoms with Gasteiger partial charge in [0.05, 0.1) is 6.04 Å². The molecule has 1 unspecified atom stereocenters. The second kappa shape index (κ2) is 4.06. The number of benzene rings is 1. The van der Waals surface area contributed by atoms with Crippen LogP contribution >= 0.6 is 0 Å². The van der Waals surface area contributed by atoms with Gasteiger partial charge in [-0.3, -0.25) is 0 Å². The van der Waals surface area contributed by atoms with Crippen LogP contribution in [0.3, 0.4) is 0 Å². The fraction of sp³-hybridized carbons (Fsp3) is 0.273. The van der Waals surface area contributed by atoms with Crippen molar-refractivity contribution in [1.82, 2.24) is 5.32 Å². The molecule has 13 heavy (non-hydrogen) atoms. The third-order valence-electron chi connectivity index (χ3n) is 2.08. The highest BCUT2D eigenvalue weighted by Gasteiger charge is 2.10. The summed E-state index contributed by atoms with van der Waals surface area (Å²) in [6.45, 7) is 1.73. The third kappa shape index (κ3) is 1.88. The molecule has 0 fully saturated rings. The van der Waals surface area contributed by atoms with E-state index in [1.54, 1.807) is 20.0 Å². The van der Waals surface area contributed by atoms with Gasteiger partial charge in [-0.2, -0.15) is 0 Å². The lowest BCUT2D eigenvalue weighted by Crippen LogP contribution is -2.15. The second-order valence-corrected chi connectivity index (χ2v) is 2.84. The van der Waals surface area contributed by atoms with Gasteiger partial charge in [-0.15, -0.1) is 6.42 Å². The molecule has 0 aliphatic carbocycles. The van der Waals surface area contributed by atoms with Crippen molar-refractivity contribution in [3.63, 3.8) is 0 Å². The zero-order chi connectivity index (χ0) is 9.84. The quantitative estimate of drug-likeness (QED) is 0.681. The third-order valence-corrected chi connectivity index (χ3v) is 2.08. The summed E-state index contributed by atoms with van der Waals surface area (Å²) in [5, 5.41) is 2.93. The predicted octanol–water partition coefficient (Wildman–Crippen LogP) is 2.03. The highest BCUT2D eigenvalue weighted by atomic mass is 19.1. The highest BCUT2D eigenvalue weighted by molar-refractivity contribution is 5.34. The number of terminal acetylenes is 1. The minimum absolute atomic E-state index is 0.212. The van der Waals surface area contributed by atoms with Gasteiger partial charge in [0.2, 0.25) is 0 Å². The number of hydrogen-bond acceptors (Lipinski definition) is 1. The summed E-state index contributed by atoms with van der Waals surface area (Å²) in [5.74, 6) is 2.34. The van der Waals surface area contributed by atoms with E-state index in [4.69, 9.17) is 6.42 Å². The van der Waals surface area contributed by atoms with Crippen molar-refractivity contribution in [2.75, 3.05) is 7.05 Å². The van der Waals surface area contributed by atoms with Crippen LogP contribution in [-0.4, -0.2) is 7.05 Å². The SMILES string of the molecule is C#CC(NC)c1cccc(F)c1C. The van der Waals surface area contributed by atoms with Gasteiger partial charge < -0.3 is 5.32 Å². The molecule has 2 heteroatoms. The maximum Gasteiger partial charge on any atom is 0.126 e. The van der Waals surface area contributed by atoms with Gasteiger partial charge in [0.15, 0.2) is 0 Å². The van der Waals surface area contributed by atoms with E-state index in [-0.39, 0.29) is 11.9 Å². The number of rotatable bonds is 2. The van der Waals surface area contributed by atoms with E-state index < -0.39 is 0 Å². The van der Waals surface area contributed by atoms with Crippen LogP contribution in [0, 0.1) is 25.1 Å². The summed E-state index contributed by atoms with van der Waals surface area (Å²) >= 11 is 0. The Balaban J connectivity index is 3.15. The van der Waals surface area contributed by atoms with Gasteiger partial charge >= 0.3 is 0 Å². The Morgan fingerprint density at radius 2 is 2.23 bits per heavy atom. The molecule has 1 rings (SSSR count). The molecule has 1 nitrogen and oxygen atoms in total. The molecule has 0 radical (unpaired) electrons. The fourth-order valence-electron chi connectivity index (χ4n) is 1.27. The smallest absolute Gasteiger partial charge is 0.126 e. The number of hydrogen-bond donors (Lipinski definition) is 1. The van der Waals surface area contributed by atoms with Crippen LogP contribution in [0.2, 0.25) is 0 Å². The van der Waals surface area contributed by atoms with Gasteiger partial charge in [-0.05, 0) is 31.2 Å². The molecular formula is C11H12FN. The lowest BCUT2D eigenvalue weighted by molar-refractivity contribution is 0.609. The van der Waals surface area contributed by atoms with Crippen LogP contribution in [0.5, 0.6) is 0 Å². The Morgan fingerprint density at radius 1 is 1.54 bits per heavy atom. The van der Waals surface area contributed by atoms with E-state index in [9.17, 15) is 4.39 Å². The first-order valence-corrected chi connectivity index (χ1v) is 4.09. The zero-order valence-corrected chi connectivity index (χ0v) is 7.76. The molecule has 1 N–H and O–H groups in total. The summed E-state index contributed by atoms with van der Waals surface area (Å²) in [5.41, 5.74) is 1.44. The summed E-state index contributed by atoms with van der Waals surface area (Å²) in [6, 6.07) is 4.72. The Kier molecular flexibility index (Phi) is 3.05. The lowest BCUT2D eigenvalue weighted by Gasteiger charge is -2.12. The summed E-state index contributed by atoms with van der Waals surface area (Å²) in [6.07, 6.45) is 5.30. The highest BCUT2D eigenvalue weighted by Crippen LogP contribution is 2.18. The normalized spacial score (nSPS) is 12.2. The second-order valence-electron chi connectivity index (χ2n) is 2.84. The van der Waals surface area contributed by atoms with Crippen molar-refractivity contribution in [1.29, 1.82) is 0 Å². The van der Waals surface area contributed by atoms with Crippen molar-refractivity contribution in [2.45, 2.75) is 13.0 Å². The average Bonchev–Trinajstić information content (AvgIpc) is 2.14. The monoisotopic (exact) mass is 177 g/mol. The Labute approximate surface area is 78.0 Å². The molecule has 0 aliphatic rings. The summed E-state index contributed by atoms with van der Waals surface area (Å²) < 4.78 is 13.1. The lowest BCUT2D eigenvalue weighted by atomic mass is 10.0. The maximum atomic E-state index is 13.1. The summed E-state index contributed by atoms with van der Waals surface area (Å²) in [4.78, 5) is 0. The molecule has 68 valence electrons. The molecule has 1 atom stereocenters. The fourth-order valence-corrected chi connectivity index (χ4v) is 1.27. The molecule has 0 aromatic heterocycles. The largest absolute Gasteiger partial charge is 0.303 e. The van der Waals surface area contributed by atoms with Crippen LogP contribution in [0.4, 0.5) is 4.39 Å². The van der Waals surface area contributed by atoms with Crippen LogP contribution in [-0.2, 0) is 0 Å². The van der Waals surface area contributed by atoms with E-state index in [2.05, 4.69) is 11.2 Å². The van der Waals surface area contributed by atoms with Gasteiger partial charge in [-0.1, -0.05) is 18.1 Å². The molecule has 1 aromatic carbocycles. The molecule has 0 saturated heterocycles. The predicted molar refractivity (Wildman–Crippen MR) is 51.8 cm³/mol. The molecule has 0 amide bonds. The molecule has 0 aliphatic heterocycles. The van der Waals surface area contributed by atoms with E-state index in [1.807, 2.05) is 6.07 Å². The van der Waals surface area contributed by atoms with Gasteiger partial charge in [0.25, 0.3) is 0 Å². The average molecular weight is 177 g/mol. The first-order chi connectivity index (χ1) is 6.20. The minimum atomic E-state index is -0.215. The first-order valence-electron chi connectivity index (χ1n) is 4.09. The van der Waals surface area contributed by atoms with E-state index in [0.29, 0.717) is 5.56 Å². The van der Waals surface area contributed by atoms with Gasteiger partial charge in [0, 0.05) is 0 Å². The molecule has 0 heterocycles. The van der Waals surface area contributed by atoms with Gasteiger partial charge in [-0.25, -0.2) is 4.39 Å². The van der Waals surface area contributed by atoms with Crippen molar-refractivity contribution in [3.8, 4) is 12.3 Å². The molecule has 0 bridgehead atoms. The van der Waals surface area contributed by atoms with Crippen LogP contribution < -0.4 is 5.32 Å². The molecule has 0 spiro atoms. The van der Waals surface area contributed by atoms with E-state index in [0.717, 1.165) is 5.56 Å². The van der Waals surface area contributed by atoms with Crippen LogP contribution in [0.1, 0.15) is 17.2 Å².